The van der Waals surface area contributed by atoms with E-state index in [1.54, 1.807) is 0 Å². The number of hydrogen-bond acceptors (Lipinski definition) is 3. The summed E-state index contributed by atoms with van der Waals surface area (Å²) in [7, 11) is 2.07. The van der Waals surface area contributed by atoms with Crippen molar-refractivity contribution in [2.75, 3.05) is 17.7 Å². The quantitative estimate of drug-likeness (QED) is 0.713. The summed E-state index contributed by atoms with van der Waals surface area (Å²) in [4.78, 5) is 6.43. The average Bonchev–Trinajstić information content (AvgIpc) is 2.85. The Morgan fingerprint density at radius 1 is 1.50 bits per heavy atom. The zero-order valence-corrected chi connectivity index (χ0v) is 7.20. The van der Waals surface area contributed by atoms with Crippen molar-refractivity contribution in [3.8, 4) is 0 Å². The SMILES string of the molecule is CN(c1cccc(N)n1)C1CC1. The van der Waals surface area contributed by atoms with Crippen LogP contribution in [0.2, 0.25) is 0 Å². The highest BCUT2D eigenvalue weighted by Crippen LogP contribution is 2.28. The van der Waals surface area contributed by atoms with Gasteiger partial charge in [-0.05, 0) is 25.0 Å². The number of pyridine rings is 1. The highest BCUT2D eigenvalue weighted by molar-refractivity contribution is 5.45. The topological polar surface area (TPSA) is 42.1 Å². The normalized spacial score (nSPS) is 16.1. The molecule has 3 nitrogen and oxygen atoms in total. The zero-order valence-electron chi connectivity index (χ0n) is 7.20. The summed E-state index contributed by atoms with van der Waals surface area (Å²) in [6.45, 7) is 0. The standard InChI is InChI=1S/C9H13N3/c1-12(7-5-6-7)9-4-2-3-8(10)11-9/h2-4,7H,5-6H2,1H3,(H2,10,11). The van der Waals surface area contributed by atoms with Crippen molar-refractivity contribution in [3.63, 3.8) is 0 Å². The van der Waals surface area contributed by atoms with Gasteiger partial charge in [-0.2, -0.15) is 0 Å². The largest absolute Gasteiger partial charge is 0.384 e. The van der Waals surface area contributed by atoms with Gasteiger partial charge in [-0.1, -0.05) is 6.07 Å². The molecule has 0 aromatic carbocycles. The molecule has 0 unspecified atom stereocenters. The van der Waals surface area contributed by atoms with Gasteiger partial charge in [-0.25, -0.2) is 4.98 Å². The van der Waals surface area contributed by atoms with Gasteiger partial charge in [0.1, 0.15) is 11.6 Å². The molecule has 1 saturated carbocycles. The summed E-state index contributed by atoms with van der Waals surface area (Å²) in [6.07, 6.45) is 2.57. The second kappa shape index (κ2) is 2.66. The molecule has 2 rings (SSSR count). The van der Waals surface area contributed by atoms with E-state index >= 15 is 0 Å². The van der Waals surface area contributed by atoms with Crippen molar-refractivity contribution < 1.29 is 0 Å². The van der Waals surface area contributed by atoms with Crippen LogP contribution in [0.15, 0.2) is 18.2 Å². The predicted octanol–water partition coefficient (Wildman–Crippen LogP) is 1.26. The molecule has 0 bridgehead atoms. The molecule has 0 spiro atoms. The summed E-state index contributed by atoms with van der Waals surface area (Å²) < 4.78 is 0. The van der Waals surface area contributed by atoms with Gasteiger partial charge in [0.05, 0.1) is 0 Å². The highest BCUT2D eigenvalue weighted by Gasteiger charge is 2.26. The molecule has 1 fully saturated rings. The van der Waals surface area contributed by atoms with Gasteiger partial charge in [0.2, 0.25) is 0 Å². The number of nitrogens with two attached hydrogens (primary N) is 1. The number of anilines is 2. The summed E-state index contributed by atoms with van der Waals surface area (Å²) in [5.41, 5.74) is 5.58. The van der Waals surface area contributed by atoms with Crippen LogP contribution < -0.4 is 10.6 Å². The third kappa shape index (κ3) is 1.35. The smallest absolute Gasteiger partial charge is 0.130 e. The van der Waals surface area contributed by atoms with Crippen LogP contribution in [0.5, 0.6) is 0 Å². The van der Waals surface area contributed by atoms with Gasteiger partial charge in [-0.3, -0.25) is 0 Å². The van der Waals surface area contributed by atoms with Crippen LogP contribution in [0.4, 0.5) is 11.6 Å². The van der Waals surface area contributed by atoms with Gasteiger partial charge in [0.15, 0.2) is 0 Å². The number of rotatable bonds is 2. The third-order valence-corrected chi connectivity index (χ3v) is 2.21. The van der Waals surface area contributed by atoms with Crippen LogP contribution in [0.25, 0.3) is 0 Å². The Morgan fingerprint density at radius 3 is 2.83 bits per heavy atom. The van der Waals surface area contributed by atoms with E-state index in [9.17, 15) is 0 Å². The minimum Gasteiger partial charge on any atom is -0.384 e. The Bertz CT molecular complexity index is 281. The van der Waals surface area contributed by atoms with Gasteiger partial charge in [0, 0.05) is 13.1 Å². The maximum Gasteiger partial charge on any atom is 0.130 e. The molecule has 1 aliphatic carbocycles. The van der Waals surface area contributed by atoms with E-state index in [1.165, 1.54) is 12.8 Å². The molecule has 3 heteroatoms. The minimum atomic E-state index is 0.597. The molecule has 1 heterocycles. The van der Waals surface area contributed by atoms with Crippen LogP contribution in [0.3, 0.4) is 0 Å². The van der Waals surface area contributed by atoms with Crippen LogP contribution in [-0.2, 0) is 0 Å². The Hall–Kier alpha value is -1.25. The van der Waals surface area contributed by atoms with Crippen molar-refractivity contribution in [1.82, 2.24) is 4.98 Å². The first-order chi connectivity index (χ1) is 5.77. The lowest BCUT2D eigenvalue weighted by Gasteiger charge is -2.16. The minimum absolute atomic E-state index is 0.597. The van der Waals surface area contributed by atoms with E-state index in [1.807, 2.05) is 18.2 Å². The number of aromatic nitrogens is 1. The highest BCUT2D eigenvalue weighted by atomic mass is 15.2. The van der Waals surface area contributed by atoms with Gasteiger partial charge < -0.3 is 10.6 Å². The van der Waals surface area contributed by atoms with Crippen LogP contribution in [0.1, 0.15) is 12.8 Å². The summed E-state index contributed by atoms with van der Waals surface area (Å²) in [5, 5.41) is 0. The van der Waals surface area contributed by atoms with Crippen molar-refractivity contribution >= 4 is 11.6 Å². The van der Waals surface area contributed by atoms with E-state index in [0.29, 0.717) is 11.9 Å². The maximum absolute atomic E-state index is 5.58. The van der Waals surface area contributed by atoms with Crippen LogP contribution in [0, 0.1) is 0 Å². The molecular weight excluding hydrogens is 150 g/mol. The lowest BCUT2D eigenvalue weighted by atomic mass is 10.4. The molecule has 64 valence electrons. The lowest BCUT2D eigenvalue weighted by Crippen LogP contribution is -2.20. The first-order valence-electron chi connectivity index (χ1n) is 4.23. The predicted molar refractivity (Wildman–Crippen MR) is 50.1 cm³/mol. The van der Waals surface area contributed by atoms with E-state index in [2.05, 4.69) is 16.9 Å². The fraction of sp³-hybridized carbons (Fsp3) is 0.444. The molecule has 1 aliphatic rings. The zero-order chi connectivity index (χ0) is 8.55. The van der Waals surface area contributed by atoms with Crippen molar-refractivity contribution in [1.29, 1.82) is 0 Å². The van der Waals surface area contributed by atoms with Crippen molar-refractivity contribution in [3.05, 3.63) is 18.2 Å². The summed E-state index contributed by atoms with van der Waals surface area (Å²) in [6, 6.07) is 6.44. The molecule has 1 aromatic heterocycles. The van der Waals surface area contributed by atoms with E-state index in [4.69, 9.17) is 5.73 Å². The molecule has 0 radical (unpaired) electrons. The molecular formula is C9H13N3. The summed E-state index contributed by atoms with van der Waals surface area (Å²) >= 11 is 0. The summed E-state index contributed by atoms with van der Waals surface area (Å²) in [5.74, 6) is 1.58. The first kappa shape index (κ1) is 7.40. The molecule has 2 N–H and O–H groups in total. The lowest BCUT2D eigenvalue weighted by molar-refractivity contribution is 0.894. The fourth-order valence-electron chi connectivity index (χ4n) is 1.28. The maximum atomic E-state index is 5.58. The second-order valence-electron chi connectivity index (χ2n) is 3.26. The average molecular weight is 163 g/mol. The molecule has 12 heavy (non-hydrogen) atoms. The molecule has 0 atom stereocenters. The molecule has 0 saturated heterocycles. The van der Waals surface area contributed by atoms with E-state index in [0.717, 1.165) is 5.82 Å². The Labute approximate surface area is 72.2 Å². The van der Waals surface area contributed by atoms with Crippen molar-refractivity contribution in [2.45, 2.75) is 18.9 Å². The molecule has 0 amide bonds. The van der Waals surface area contributed by atoms with Gasteiger partial charge in [-0.15, -0.1) is 0 Å². The Morgan fingerprint density at radius 2 is 2.25 bits per heavy atom. The van der Waals surface area contributed by atoms with Crippen molar-refractivity contribution in [2.24, 2.45) is 0 Å². The third-order valence-electron chi connectivity index (χ3n) is 2.21. The van der Waals surface area contributed by atoms with Gasteiger partial charge >= 0.3 is 0 Å². The fourth-order valence-corrected chi connectivity index (χ4v) is 1.28. The molecule has 0 aliphatic heterocycles. The monoisotopic (exact) mass is 163 g/mol. The number of hydrogen-bond donors (Lipinski definition) is 1. The first-order valence-corrected chi connectivity index (χ1v) is 4.23. The number of nitrogen functional groups attached to an aromatic ring is 1. The van der Waals surface area contributed by atoms with Gasteiger partial charge in [0.25, 0.3) is 0 Å². The Kier molecular flexibility index (Phi) is 1.64. The molecule has 1 aromatic rings. The second-order valence-corrected chi connectivity index (χ2v) is 3.26. The Balaban J connectivity index is 2.20. The van der Waals surface area contributed by atoms with E-state index in [-0.39, 0.29) is 0 Å². The van der Waals surface area contributed by atoms with Crippen LogP contribution in [-0.4, -0.2) is 18.1 Å². The number of nitrogens with zero attached hydrogens (tertiary/aromatic N) is 2. The van der Waals surface area contributed by atoms with E-state index < -0.39 is 0 Å². The van der Waals surface area contributed by atoms with Crippen LogP contribution >= 0.6 is 0 Å².